The van der Waals surface area contributed by atoms with E-state index in [1.165, 1.54) is 0 Å². The van der Waals surface area contributed by atoms with Crippen molar-refractivity contribution in [3.63, 3.8) is 0 Å². The van der Waals surface area contributed by atoms with E-state index < -0.39 is 6.04 Å². The van der Waals surface area contributed by atoms with Crippen molar-refractivity contribution in [3.05, 3.63) is 35.9 Å². The van der Waals surface area contributed by atoms with Crippen LogP contribution in [-0.4, -0.2) is 30.3 Å². The van der Waals surface area contributed by atoms with Gasteiger partial charge in [0.15, 0.2) is 0 Å². The molecule has 0 aliphatic carbocycles. The van der Waals surface area contributed by atoms with E-state index in [1.54, 1.807) is 0 Å². The average molecular weight is 232 g/mol. The molecule has 90 valence electrons. The number of carbonyl (C=O) groups is 2. The lowest BCUT2D eigenvalue weighted by Gasteiger charge is -2.22. The lowest BCUT2D eigenvalue weighted by Crippen LogP contribution is -2.39. The molecule has 0 spiro atoms. The molecule has 2 rings (SSSR count). The molecule has 1 atom stereocenters. The topological polar surface area (TPSA) is 49.4 Å². The summed E-state index contributed by atoms with van der Waals surface area (Å²) in [6, 6.07) is 8.79. The minimum atomic E-state index is -0.549. The number of carbonyl (C=O) groups excluding carboxylic acids is 2. The first-order valence-electron chi connectivity index (χ1n) is 5.86. The van der Waals surface area contributed by atoms with Crippen LogP contribution in [0.2, 0.25) is 0 Å². The number of nitrogens with one attached hydrogen (secondary N) is 1. The van der Waals surface area contributed by atoms with Gasteiger partial charge in [-0.1, -0.05) is 30.3 Å². The summed E-state index contributed by atoms with van der Waals surface area (Å²) in [5.41, 5.74) is 0.830. The molecule has 1 N–H and O–H groups in total. The summed E-state index contributed by atoms with van der Waals surface area (Å²) >= 11 is 0. The van der Waals surface area contributed by atoms with Gasteiger partial charge in [-0.2, -0.15) is 0 Å². The highest BCUT2D eigenvalue weighted by atomic mass is 16.2. The lowest BCUT2D eigenvalue weighted by atomic mass is 10.1. The standard InChI is InChI=1S/C13H16N2O2/c16-10-14-12(11-6-2-1-3-7-11)13(17)15-8-4-5-9-15/h1-3,6-7,10,12H,4-5,8-9H2,(H,14,16). The molecule has 4 nitrogen and oxygen atoms in total. The van der Waals surface area contributed by atoms with Gasteiger partial charge >= 0.3 is 0 Å². The number of nitrogens with zero attached hydrogens (tertiary/aromatic N) is 1. The zero-order valence-corrected chi connectivity index (χ0v) is 9.63. The highest BCUT2D eigenvalue weighted by Crippen LogP contribution is 2.18. The van der Waals surface area contributed by atoms with E-state index in [2.05, 4.69) is 5.32 Å². The van der Waals surface area contributed by atoms with Crippen LogP contribution in [0.4, 0.5) is 0 Å². The summed E-state index contributed by atoms with van der Waals surface area (Å²) in [5.74, 6) is -0.0131. The Morgan fingerprint density at radius 1 is 1.24 bits per heavy atom. The molecule has 1 aliphatic rings. The van der Waals surface area contributed by atoms with Crippen LogP contribution in [0.1, 0.15) is 24.4 Å². The zero-order valence-electron chi connectivity index (χ0n) is 9.63. The van der Waals surface area contributed by atoms with E-state index in [9.17, 15) is 9.59 Å². The molecule has 4 heteroatoms. The first-order valence-corrected chi connectivity index (χ1v) is 5.86. The second-order valence-electron chi connectivity index (χ2n) is 4.16. The molecule has 1 aromatic carbocycles. The van der Waals surface area contributed by atoms with Gasteiger partial charge in [-0.15, -0.1) is 0 Å². The van der Waals surface area contributed by atoms with Crippen LogP contribution < -0.4 is 5.32 Å². The van der Waals surface area contributed by atoms with Crippen LogP contribution in [-0.2, 0) is 9.59 Å². The summed E-state index contributed by atoms with van der Waals surface area (Å²) < 4.78 is 0. The molecule has 1 fully saturated rings. The van der Waals surface area contributed by atoms with E-state index in [4.69, 9.17) is 0 Å². The Balaban J connectivity index is 2.16. The summed E-state index contributed by atoms with van der Waals surface area (Å²) in [7, 11) is 0. The maximum absolute atomic E-state index is 12.2. The van der Waals surface area contributed by atoms with Gasteiger partial charge in [-0.05, 0) is 18.4 Å². The molecule has 1 heterocycles. The molecule has 0 saturated carbocycles. The van der Waals surface area contributed by atoms with Gasteiger partial charge in [0.25, 0.3) is 0 Å². The van der Waals surface area contributed by atoms with Crippen molar-refractivity contribution in [3.8, 4) is 0 Å². The third kappa shape index (κ3) is 2.64. The molecule has 2 amide bonds. The number of hydrogen-bond acceptors (Lipinski definition) is 2. The van der Waals surface area contributed by atoms with Gasteiger partial charge in [0.1, 0.15) is 6.04 Å². The first-order chi connectivity index (χ1) is 8.33. The number of benzene rings is 1. The van der Waals surface area contributed by atoms with Crippen LogP contribution in [0.25, 0.3) is 0 Å². The summed E-state index contributed by atoms with van der Waals surface area (Å²) in [6.45, 7) is 1.59. The van der Waals surface area contributed by atoms with Crippen LogP contribution in [0.15, 0.2) is 30.3 Å². The minimum Gasteiger partial charge on any atom is -0.343 e. The van der Waals surface area contributed by atoms with Crippen molar-refractivity contribution in [2.24, 2.45) is 0 Å². The molecule has 1 saturated heterocycles. The fourth-order valence-corrected chi connectivity index (χ4v) is 2.14. The average Bonchev–Trinajstić information content (AvgIpc) is 2.90. The number of amides is 2. The van der Waals surface area contributed by atoms with Crippen molar-refractivity contribution < 1.29 is 9.59 Å². The fourth-order valence-electron chi connectivity index (χ4n) is 2.14. The highest BCUT2D eigenvalue weighted by Gasteiger charge is 2.26. The maximum atomic E-state index is 12.2. The molecule has 0 aromatic heterocycles. The molecule has 1 aromatic rings. The van der Waals surface area contributed by atoms with E-state index in [0.717, 1.165) is 31.5 Å². The van der Waals surface area contributed by atoms with E-state index in [-0.39, 0.29) is 5.91 Å². The van der Waals surface area contributed by atoms with Crippen LogP contribution >= 0.6 is 0 Å². The third-order valence-electron chi connectivity index (χ3n) is 3.03. The first kappa shape index (κ1) is 11.6. The third-order valence-corrected chi connectivity index (χ3v) is 3.03. The molecule has 0 radical (unpaired) electrons. The SMILES string of the molecule is O=CNC(C(=O)N1CCCC1)c1ccccc1. The smallest absolute Gasteiger partial charge is 0.249 e. The van der Waals surface area contributed by atoms with Gasteiger partial charge in [0, 0.05) is 13.1 Å². The molecular weight excluding hydrogens is 216 g/mol. The van der Waals surface area contributed by atoms with E-state index >= 15 is 0 Å². The predicted molar refractivity (Wildman–Crippen MR) is 64.2 cm³/mol. The summed E-state index contributed by atoms with van der Waals surface area (Å²) in [4.78, 5) is 24.7. The van der Waals surface area contributed by atoms with Crippen molar-refractivity contribution in [1.82, 2.24) is 10.2 Å². The Labute approximate surface area is 101 Å². The predicted octanol–water partition coefficient (Wildman–Crippen LogP) is 1.10. The second kappa shape index (κ2) is 5.48. The van der Waals surface area contributed by atoms with Crippen LogP contribution in [0.3, 0.4) is 0 Å². The summed E-state index contributed by atoms with van der Waals surface area (Å²) in [6.07, 6.45) is 2.69. The van der Waals surface area contributed by atoms with Crippen LogP contribution in [0.5, 0.6) is 0 Å². The molecule has 0 bridgehead atoms. The van der Waals surface area contributed by atoms with Crippen molar-refractivity contribution >= 4 is 12.3 Å². The Hall–Kier alpha value is -1.84. The minimum absolute atomic E-state index is 0.0131. The molecule has 1 aliphatic heterocycles. The van der Waals surface area contributed by atoms with Gasteiger partial charge in [-0.25, -0.2) is 0 Å². The van der Waals surface area contributed by atoms with Gasteiger partial charge in [0.2, 0.25) is 12.3 Å². The monoisotopic (exact) mass is 232 g/mol. The van der Waals surface area contributed by atoms with E-state index in [1.807, 2.05) is 35.2 Å². The molecular formula is C13H16N2O2. The van der Waals surface area contributed by atoms with E-state index in [0.29, 0.717) is 6.41 Å². The Morgan fingerprint density at radius 2 is 1.88 bits per heavy atom. The quantitative estimate of drug-likeness (QED) is 0.790. The largest absolute Gasteiger partial charge is 0.343 e. The Kier molecular flexibility index (Phi) is 3.75. The highest BCUT2D eigenvalue weighted by molar-refractivity contribution is 5.85. The van der Waals surface area contributed by atoms with Crippen molar-refractivity contribution in [2.45, 2.75) is 18.9 Å². The maximum Gasteiger partial charge on any atom is 0.249 e. The van der Waals surface area contributed by atoms with Crippen molar-refractivity contribution in [1.29, 1.82) is 0 Å². The van der Waals surface area contributed by atoms with Crippen LogP contribution in [0, 0.1) is 0 Å². The zero-order chi connectivity index (χ0) is 12.1. The number of likely N-dealkylation sites (tertiary alicyclic amines) is 1. The second-order valence-corrected chi connectivity index (χ2v) is 4.16. The Morgan fingerprint density at radius 3 is 2.47 bits per heavy atom. The van der Waals surface area contributed by atoms with Gasteiger partial charge in [-0.3, -0.25) is 9.59 Å². The fraction of sp³-hybridized carbons (Fsp3) is 0.385. The van der Waals surface area contributed by atoms with Gasteiger partial charge < -0.3 is 10.2 Å². The number of rotatable bonds is 4. The number of hydrogen-bond donors (Lipinski definition) is 1. The summed E-state index contributed by atoms with van der Waals surface area (Å²) in [5, 5.41) is 2.60. The molecule has 17 heavy (non-hydrogen) atoms. The van der Waals surface area contributed by atoms with Gasteiger partial charge in [0.05, 0.1) is 0 Å². The molecule has 1 unspecified atom stereocenters. The Bertz CT molecular complexity index is 386. The normalized spacial score (nSPS) is 16.6. The van der Waals surface area contributed by atoms with Crippen molar-refractivity contribution in [2.75, 3.05) is 13.1 Å². The lowest BCUT2D eigenvalue weighted by molar-refractivity contribution is -0.133.